The van der Waals surface area contributed by atoms with Crippen LogP contribution in [0.2, 0.25) is 0 Å². The highest BCUT2D eigenvalue weighted by atomic mass is 16.7. The summed E-state index contributed by atoms with van der Waals surface area (Å²) < 4.78 is 11.8. The fourth-order valence-corrected chi connectivity index (χ4v) is 3.37. The van der Waals surface area contributed by atoms with E-state index < -0.39 is 5.60 Å². The SMILES string of the molecule is CC1=CO[C@H]2OC(c3ccccc3)(c3ccccc3)[C@@H]12. The summed E-state index contributed by atoms with van der Waals surface area (Å²) in [6.45, 7) is 2.12. The number of rotatable bonds is 2. The zero-order chi connectivity index (χ0) is 13.6. The third-order valence-electron chi connectivity index (χ3n) is 4.30. The van der Waals surface area contributed by atoms with Crippen LogP contribution in [0.25, 0.3) is 0 Å². The van der Waals surface area contributed by atoms with Gasteiger partial charge in [0.05, 0.1) is 12.2 Å². The Labute approximate surface area is 118 Å². The van der Waals surface area contributed by atoms with Gasteiger partial charge < -0.3 is 9.47 Å². The highest BCUT2D eigenvalue weighted by Gasteiger charge is 2.61. The van der Waals surface area contributed by atoms with E-state index in [1.807, 2.05) is 18.4 Å². The molecule has 0 unspecified atom stereocenters. The molecule has 1 fully saturated rings. The molecule has 0 spiro atoms. The Kier molecular flexibility index (Phi) is 2.48. The molecule has 0 bridgehead atoms. The Morgan fingerprint density at radius 1 is 0.850 bits per heavy atom. The monoisotopic (exact) mass is 264 g/mol. The topological polar surface area (TPSA) is 18.5 Å². The van der Waals surface area contributed by atoms with Crippen LogP contribution in [0.15, 0.2) is 72.5 Å². The second-order valence-electron chi connectivity index (χ2n) is 5.43. The van der Waals surface area contributed by atoms with Crippen molar-refractivity contribution >= 4 is 0 Å². The molecular formula is C18H16O2. The van der Waals surface area contributed by atoms with Crippen molar-refractivity contribution in [2.75, 3.05) is 0 Å². The molecule has 2 atom stereocenters. The summed E-state index contributed by atoms with van der Waals surface area (Å²) in [5.41, 5.74) is 3.20. The summed E-state index contributed by atoms with van der Waals surface area (Å²) in [7, 11) is 0. The third-order valence-corrected chi connectivity index (χ3v) is 4.30. The molecule has 2 aromatic rings. The van der Waals surface area contributed by atoms with Gasteiger partial charge in [0.1, 0.15) is 5.60 Å². The molecule has 2 aromatic carbocycles. The van der Waals surface area contributed by atoms with Gasteiger partial charge in [-0.05, 0) is 23.6 Å². The van der Waals surface area contributed by atoms with Crippen LogP contribution in [0.1, 0.15) is 18.1 Å². The lowest BCUT2D eigenvalue weighted by molar-refractivity contribution is -0.304. The van der Waals surface area contributed by atoms with Gasteiger partial charge in [-0.1, -0.05) is 60.7 Å². The number of hydrogen-bond donors (Lipinski definition) is 0. The minimum absolute atomic E-state index is 0.143. The predicted octanol–water partition coefficient (Wildman–Crippen LogP) is 3.84. The molecule has 4 rings (SSSR count). The van der Waals surface area contributed by atoms with E-state index >= 15 is 0 Å². The van der Waals surface area contributed by atoms with E-state index in [9.17, 15) is 0 Å². The summed E-state index contributed by atoms with van der Waals surface area (Å²) in [6.07, 6.45) is 1.69. The van der Waals surface area contributed by atoms with E-state index in [0.29, 0.717) is 0 Å². The van der Waals surface area contributed by atoms with Crippen molar-refractivity contribution < 1.29 is 9.47 Å². The fraction of sp³-hybridized carbons (Fsp3) is 0.222. The maximum atomic E-state index is 6.22. The van der Waals surface area contributed by atoms with Crippen molar-refractivity contribution in [3.05, 3.63) is 83.6 Å². The first-order valence-electron chi connectivity index (χ1n) is 6.93. The zero-order valence-electron chi connectivity index (χ0n) is 11.3. The molecule has 0 aliphatic carbocycles. The number of benzene rings is 2. The summed E-state index contributed by atoms with van der Waals surface area (Å²) in [5, 5.41) is 0. The van der Waals surface area contributed by atoms with Gasteiger partial charge in [0.2, 0.25) is 6.29 Å². The van der Waals surface area contributed by atoms with Gasteiger partial charge in [0.25, 0.3) is 0 Å². The molecule has 0 radical (unpaired) electrons. The quantitative estimate of drug-likeness (QED) is 0.820. The van der Waals surface area contributed by atoms with Crippen molar-refractivity contribution in [3.8, 4) is 0 Å². The van der Waals surface area contributed by atoms with E-state index in [4.69, 9.17) is 9.47 Å². The Bertz CT molecular complexity index is 606. The van der Waals surface area contributed by atoms with Crippen LogP contribution in [0.3, 0.4) is 0 Å². The summed E-state index contributed by atoms with van der Waals surface area (Å²) >= 11 is 0. The Morgan fingerprint density at radius 3 is 1.90 bits per heavy atom. The predicted molar refractivity (Wildman–Crippen MR) is 76.9 cm³/mol. The second-order valence-corrected chi connectivity index (χ2v) is 5.43. The summed E-state index contributed by atoms with van der Waals surface area (Å²) in [4.78, 5) is 0. The van der Waals surface area contributed by atoms with Crippen LogP contribution in [-0.2, 0) is 15.1 Å². The molecule has 2 nitrogen and oxygen atoms in total. The van der Waals surface area contributed by atoms with E-state index in [2.05, 4.69) is 55.5 Å². The summed E-state index contributed by atoms with van der Waals surface area (Å²) in [5.74, 6) is 0.257. The number of ether oxygens (including phenoxy) is 2. The van der Waals surface area contributed by atoms with Gasteiger partial charge in [0.15, 0.2) is 0 Å². The first-order chi connectivity index (χ1) is 9.82. The number of hydrogen-bond acceptors (Lipinski definition) is 2. The van der Waals surface area contributed by atoms with E-state index in [-0.39, 0.29) is 12.2 Å². The molecule has 20 heavy (non-hydrogen) atoms. The highest BCUT2D eigenvalue weighted by molar-refractivity contribution is 5.43. The van der Waals surface area contributed by atoms with Crippen molar-refractivity contribution in [2.24, 2.45) is 5.92 Å². The van der Waals surface area contributed by atoms with Crippen molar-refractivity contribution in [1.29, 1.82) is 0 Å². The van der Waals surface area contributed by atoms with Crippen LogP contribution >= 0.6 is 0 Å². The average molecular weight is 264 g/mol. The van der Waals surface area contributed by atoms with E-state index in [0.717, 1.165) is 0 Å². The van der Waals surface area contributed by atoms with E-state index in [1.165, 1.54) is 16.7 Å². The first kappa shape index (κ1) is 11.7. The van der Waals surface area contributed by atoms with E-state index in [1.54, 1.807) is 0 Å². The molecule has 0 saturated carbocycles. The Morgan fingerprint density at radius 2 is 1.40 bits per heavy atom. The zero-order valence-corrected chi connectivity index (χ0v) is 11.3. The minimum atomic E-state index is -0.412. The van der Waals surface area contributed by atoms with Crippen molar-refractivity contribution in [2.45, 2.75) is 18.8 Å². The highest BCUT2D eigenvalue weighted by Crippen LogP contribution is 2.57. The average Bonchev–Trinajstić information content (AvgIpc) is 2.77. The molecular weight excluding hydrogens is 248 g/mol. The molecule has 2 heteroatoms. The lowest BCUT2D eigenvalue weighted by Gasteiger charge is -2.52. The largest absolute Gasteiger partial charge is 0.472 e. The van der Waals surface area contributed by atoms with Crippen molar-refractivity contribution in [1.82, 2.24) is 0 Å². The fourth-order valence-electron chi connectivity index (χ4n) is 3.37. The van der Waals surface area contributed by atoms with Gasteiger partial charge in [-0.2, -0.15) is 0 Å². The van der Waals surface area contributed by atoms with Gasteiger partial charge in [-0.25, -0.2) is 0 Å². The van der Waals surface area contributed by atoms with Gasteiger partial charge in [-0.3, -0.25) is 0 Å². The van der Waals surface area contributed by atoms with Crippen LogP contribution in [-0.4, -0.2) is 6.29 Å². The summed E-state index contributed by atoms with van der Waals surface area (Å²) in [6, 6.07) is 20.8. The van der Waals surface area contributed by atoms with Gasteiger partial charge in [0, 0.05) is 0 Å². The van der Waals surface area contributed by atoms with Crippen LogP contribution in [0.5, 0.6) is 0 Å². The van der Waals surface area contributed by atoms with Crippen LogP contribution in [0.4, 0.5) is 0 Å². The lowest BCUT2D eigenvalue weighted by atomic mass is 9.69. The number of fused-ring (bicyclic) bond motifs is 1. The molecule has 0 aromatic heterocycles. The normalized spacial score (nSPS) is 26.1. The molecule has 1 saturated heterocycles. The van der Waals surface area contributed by atoms with Crippen LogP contribution in [0, 0.1) is 5.92 Å². The molecule has 0 amide bonds. The molecule has 2 aliphatic rings. The molecule has 100 valence electrons. The maximum Gasteiger partial charge on any atom is 0.210 e. The minimum Gasteiger partial charge on any atom is -0.472 e. The maximum absolute atomic E-state index is 6.22. The second kappa shape index (κ2) is 4.22. The molecule has 2 aliphatic heterocycles. The Hall–Kier alpha value is -2.06. The first-order valence-corrected chi connectivity index (χ1v) is 6.93. The standard InChI is InChI=1S/C18H16O2/c1-13-12-19-17-16(13)18(20-17,14-8-4-2-5-9-14)15-10-6-3-7-11-15/h2-12,16-17H,1H3/t16-,17-/m0/s1. The van der Waals surface area contributed by atoms with Crippen molar-refractivity contribution in [3.63, 3.8) is 0 Å². The van der Waals surface area contributed by atoms with Gasteiger partial charge >= 0.3 is 0 Å². The lowest BCUT2D eigenvalue weighted by Crippen LogP contribution is -2.57. The van der Waals surface area contributed by atoms with Gasteiger partial charge in [-0.15, -0.1) is 0 Å². The van der Waals surface area contributed by atoms with Crippen LogP contribution < -0.4 is 0 Å². The molecule has 2 heterocycles. The third kappa shape index (κ3) is 1.43. The molecule has 0 N–H and O–H groups in total. The smallest absolute Gasteiger partial charge is 0.210 e. The Balaban J connectivity index is 1.89.